The summed E-state index contributed by atoms with van der Waals surface area (Å²) in [7, 11) is 0. The van der Waals surface area contributed by atoms with Gasteiger partial charge in [-0.2, -0.15) is 0 Å². The van der Waals surface area contributed by atoms with Crippen LogP contribution in [0.15, 0.2) is 10.7 Å². The van der Waals surface area contributed by atoms with Crippen molar-refractivity contribution in [1.82, 2.24) is 15.4 Å². The van der Waals surface area contributed by atoms with Gasteiger partial charge in [0.15, 0.2) is 0 Å². The molecular weight excluding hydrogens is 218 g/mol. The maximum atomic E-state index is 12.3. The van der Waals surface area contributed by atoms with Gasteiger partial charge in [-0.3, -0.25) is 4.79 Å². The average Bonchev–Trinajstić information content (AvgIpc) is 2.95. The summed E-state index contributed by atoms with van der Waals surface area (Å²) in [5, 5.41) is 7.07. The molecule has 17 heavy (non-hydrogen) atoms. The van der Waals surface area contributed by atoms with Crippen LogP contribution < -0.4 is 5.32 Å². The molecule has 1 aromatic rings. The lowest BCUT2D eigenvalue weighted by molar-refractivity contribution is 0.0641. The van der Waals surface area contributed by atoms with E-state index in [1.807, 2.05) is 4.90 Å². The highest BCUT2D eigenvalue weighted by molar-refractivity contribution is 5.94. The van der Waals surface area contributed by atoms with Gasteiger partial charge in [-0.15, -0.1) is 0 Å². The summed E-state index contributed by atoms with van der Waals surface area (Å²) in [5.74, 6) is 2.05. The number of fused-ring (bicyclic) bond motifs is 1. The molecule has 5 heteroatoms. The third-order valence-electron chi connectivity index (χ3n) is 3.97. The number of rotatable bonds is 1. The number of carbonyl (C=O) groups excluding carboxylic acids is 1. The van der Waals surface area contributed by atoms with Crippen LogP contribution in [-0.4, -0.2) is 42.1 Å². The summed E-state index contributed by atoms with van der Waals surface area (Å²) >= 11 is 0. The number of amides is 1. The van der Waals surface area contributed by atoms with E-state index in [9.17, 15) is 4.79 Å². The monoisotopic (exact) mass is 235 g/mol. The van der Waals surface area contributed by atoms with Crippen molar-refractivity contribution in [3.05, 3.63) is 17.5 Å². The van der Waals surface area contributed by atoms with E-state index in [2.05, 4.69) is 10.5 Å². The summed E-state index contributed by atoms with van der Waals surface area (Å²) < 4.78 is 4.95. The lowest BCUT2D eigenvalue weighted by Crippen LogP contribution is -2.43. The van der Waals surface area contributed by atoms with Crippen molar-refractivity contribution in [2.75, 3.05) is 26.2 Å². The fraction of sp³-hybridized carbons (Fsp3) is 0.667. The molecule has 0 bridgehead atoms. The second-order valence-electron chi connectivity index (χ2n) is 5.01. The van der Waals surface area contributed by atoms with E-state index in [1.165, 1.54) is 6.20 Å². The van der Waals surface area contributed by atoms with Crippen LogP contribution in [-0.2, 0) is 0 Å². The Morgan fingerprint density at radius 3 is 3.12 bits per heavy atom. The standard InChI is InChI=1S/C12H17N3O2/c1-8-11(6-14-17-8)12(16)15-3-2-9-4-13-5-10(9)7-15/h6,9-10,13H,2-5,7H2,1H3. The van der Waals surface area contributed by atoms with Crippen LogP contribution >= 0.6 is 0 Å². The van der Waals surface area contributed by atoms with Crippen LogP contribution in [0, 0.1) is 18.8 Å². The summed E-state index contributed by atoms with van der Waals surface area (Å²) in [6.07, 6.45) is 2.63. The molecule has 1 aromatic heterocycles. The summed E-state index contributed by atoms with van der Waals surface area (Å²) in [6.45, 7) is 5.65. The number of nitrogens with zero attached hydrogens (tertiary/aromatic N) is 2. The van der Waals surface area contributed by atoms with Crippen molar-refractivity contribution in [2.45, 2.75) is 13.3 Å². The molecule has 0 spiro atoms. The maximum absolute atomic E-state index is 12.3. The Bertz CT molecular complexity index is 429. The van der Waals surface area contributed by atoms with Gasteiger partial charge in [0.2, 0.25) is 0 Å². The predicted octanol–water partition coefficient (Wildman–Crippen LogP) is 0.665. The topological polar surface area (TPSA) is 58.4 Å². The highest BCUT2D eigenvalue weighted by Gasteiger charge is 2.35. The zero-order valence-electron chi connectivity index (χ0n) is 9.98. The molecule has 2 saturated heterocycles. The van der Waals surface area contributed by atoms with Crippen LogP contribution in [0.2, 0.25) is 0 Å². The molecule has 3 rings (SSSR count). The number of aromatic nitrogens is 1. The van der Waals surface area contributed by atoms with Gasteiger partial charge >= 0.3 is 0 Å². The second-order valence-corrected chi connectivity index (χ2v) is 5.01. The minimum Gasteiger partial charge on any atom is -0.361 e. The van der Waals surface area contributed by atoms with Gasteiger partial charge in [0, 0.05) is 13.1 Å². The number of hydrogen-bond donors (Lipinski definition) is 1. The Balaban J connectivity index is 1.73. The first-order valence-electron chi connectivity index (χ1n) is 6.17. The molecule has 1 amide bonds. The molecule has 92 valence electrons. The predicted molar refractivity (Wildman–Crippen MR) is 61.6 cm³/mol. The Labute approximate surface area is 100 Å². The normalized spacial score (nSPS) is 28.2. The molecule has 0 aromatic carbocycles. The van der Waals surface area contributed by atoms with Gasteiger partial charge in [-0.05, 0) is 38.3 Å². The molecular formula is C12H17N3O2. The summed E-state index contributed by atoms with van der Waals surface area (Å²) in [4.78, 5) is 14.2. The Morgan fingerprint density at radius 2 is 2.35 bits per heavy atom. The van der Waals surface area contributed by atoms with Gasteiger partial charge in [0.1, 0.15) is 11.3 Å². The highest BCUT2D eigenvalue weighted by Crippen LogP contribution is 2.27. The maximum Gasteiger partial charge on any atom is 0.259 e. The number of piperidine rings is 1. The first kappa shape index (κ1) is 10.8. The van der Waals surface area contributed by atoms with Gasteiger partial charge in [-0.25, -0.2) is 0 Å². The molecule has 3 heterocycles. The number of carbonyl (C=O) groups is 1. The van der Waals surface area contributed by atoms with Crippen molar-refractivity contribution in [3.8, 4) is 0 Å². The van der Waals surface area contributed by atoms with E-state index in [4.69, 9.17) is 4.52 Å². The number of likely N-dealkylation sites (tertiary alicyclic amines) is 1. The fourth-order valence-electron chi connectivity index (χ4n) is 2.89. The molecule has 2 aliphatic rings. The first-order valence-corrected chi connectivity index (χ1v) is 6.17. The summed E-state index contributed by atoms with van der Waals surface area (Å²) in [5.41, 5.74) is 0.606. The first-order chi connectivity index (χ1) is 8.25. The number of hydrogen-bond acceptors (Lipinski definition) is 4. The Hall–Kier alpha value is -1.36. The molecule has 0 saturated carbocycles. The zero-order chi connectivity index (χ0) is 11.8. The SMILES string of the molecule is Cc1oncc1C(=O)N1CCC2CNCC2C1. The molecule has 0 radical (unpaired) electrons. The largest absolute Gasteiger partial charge is 0.361 e. The van der Waals surface area contributed by atoms with Crippen LogP contribution in [0.4, 0.5) is 0 Å². The van der Waals surface area contributed by atoms with Gasteiger partial charge < -0.3 is 14.7 Å². The van der Waals surface area contributed by atoms with Crippen molar-refractivity contribution in [3.63, 3.8) is 0 Å². The molecule has 1 N–H and O–H groups in total. The van der Waals surface area contributed by atoms with E-state index in [-0.39, 0.29) is 5.91 Å². The van der Waals surface area contributed by atoms with Crippen molar-refractivity contribution < 1.29 is 9.32 Å². The van der Waals surface area contributed by atoms with Crippen LogP contribution in [0.5, 0.6) is 0 Å². The van der Waals surface area contributed by atoms with E-state index in [0.717, 1.165) is 38.5 Å². The third kappa shape index (κ3) is 1.84. The molecule has 2 atom stereocenters. The van der Waals surface area contributed by atoms with E-state index < -0.39 is 0 Å². The molecule has 2 aliphatic heterocycles. The smallest absolute Gasteiger partial charge is 0.259 e. The molecule has 0 aliphatic carbocycles. The third-order valence-corrected chi connectivity index (χ3v) is 3.97. The lowest BCUT2D eigenvalue weighted by atomic mass is 9.88. The minimum absolute atomic E-state index is 0.0640. The van der Waals surface area contributed by atoms with E-state index in [1.54, 1.807) is 6.92 Å². The Kier molecular flexibility index (Phi) is 2.63. The lowest BCUT2D eigenvalue weighted by Gasteiger charge is -2.34. The number of aryl methyl sites for hydroxylation is 1. The van der Waals surface area contributed by atoms with Crippen molar-refractivity contribution >= 4 is 5.91 Å². The van der Waals surface area contributed by atoms with Crippen LogP contribution in [0.1, 0.15) is 22.5 Å². The van der Waals surface area contributed by atoms with Crippen LogP contribution in [0.25, 0.3) is 0 Å². The second kappa shape index (κ2) is 4.14. The van der Waals surface area contributed by atoms with Gasteiger partial charge in [0.05, 0.1) is 6.20 Å². The van der Waals surface area contributed by atoms with Crippen LogP contribution in [0.3, 0.4) is 0 Å². The molecule has 2 fully saturated rings. The highest BCUT2D eigenvalue weighted by atomic mass is 16.5. The summed E-state index contributed by atoms with van der Waals surface area (Å²) in [6, 6.07) is 0. The van der Waals surface area contributed by atoms with E-state index in [0.29, 0.717) is 17.2 Å². The van der Waals surface area contributed by atoms with Crippen molar-refractivity contribution in [2.24, 2.45) is 11.8 Å². The van der Waals surface area contributed by atoms with Gasteiger partial charge in [0.25, 0.3) is 5.91 Å². The number of nitrogens with one attached hydrogen (secondary N) is 1. The van der Waals surface area contributed by atoms with Crippen molar-refractivity contribution in [1.29, 1.82) is 0 Å². The van der Waals surface area contributed by atoms with Gasteiger partial charge in [-0.1, -0.05) is 5.16 Å². The van der Waals surface area contributed by atoms with E-state index >= 15 is 0 Å². The Morgan fingerprint density at radius 1 is 1.53 bits per heavy atom. The zero-order valence-corrected chi connectivity index (χ0v) is 9.98. The average molecular weight is 235 g/mol. The molecule has 5 nitrogen and oxygen atoms in total. The molecule has 2 unspecified atom stereocenters. The quantitative estimate of drug-likeness (QED) is 0.777. The fourth-order valence-corrected chi connectivity index (χ4v) is 2.89. The minimum atomic E-state index is 0.0640.